The molecule has 0 aromatic heterocycles. The zero-order chi connectivity index (χ0) is 8.20. The first-order chi connectivity index (χ1) is 4.48. The van der Waals surface area contributed by atoms with Gasteiger partial charge in [-0.25, -0.2) is 13.1 Å². The second kappa shape index (κ2) is 3.85. The van der Waals surface area contributed by atoms with Crippen LogP contribution < -0.4 is 10.5 Å². The highest BCUT2D eigenvalue weighted by Crippen LogP contribution is 1.82. The Bertz CT molecular complexity index is 209. The number of hydrogen-bond donors (Lipinski definition) is 2. The Kier molecular flexibility index (Phi) is 3.77. The van der Waals surface area contributed by atoms with E-state index in [9.17, 15) is 8.42 Å². The van der Waals surface area contributed by atoms with Gasteiger partial charge in [0.15, 0.2) is 0 Å². The molecule has 0 aromatic rings. The number of hydrogen-bond acceptors (Lipinski definition) is 3. The molecule has 0 aliphatic rings. The van der Waals surface area contributed by atoms with Crippen molar-refractivity contribution in [2.45, 2.75) is 6.92 Å². The Hall–Kier alpha value is -0.200. The second-order valence-corrected chi connectivity index (χ2v) is 4.05. The quantitative estimate of drug-likeness (QED) is 0.559. The Balaban J connectivity index is 4.02. The Morgan fingerprint density at radius 2 is 2.20 bits per heavy atom. The van der Waals surface area contributed by atoms with Gasteiger partial charge in [0.2, 0.25) is 10.0 Å². The Morgan fingerprint density at radius 3 is 2.50 bits per heavy atom. The first-order valence-corrected chi connectivity index (χ1v) is 4.79. The molecule has 0 aliphatic heterocycles. The van der Waals surface area contributed by atoms with Crippen molar-refractivity contribution in [1.29, 1.82) is 0 Å². The summed E-state index contributed by atoms with van der Waals surface area (Å²) >= 11 is 4.42. The average Bonchev–Trinajstić information content (AvgIpc) is 1.59. The molecule has 6 heteroatoms. The molecule has 0 unspecified atom stereocenters. The van der Waals surface area contributed by atoms with Crippen molar-refractivity contribution in [3.05, 3.63) is 0 Å². The van der Waals surface area contributed by atoms with Gasteiger partial charge >= 0.3 is 0 Å². The van der Waals surface area contributed by atoms with Crippen LogP contribution in [0.15, 0.2) is 0 Å². The highest BCUT2D eigenvalue weighted by molar-refractivity contribution is 7.92. The van der Waals surface area contributed by atoms with E-state index in [1.165, 1.54) is 0 Å². The summed E-state index contributed by atoms with van der Waals surface area (Å²) in [7, 11) is -3.25. The number of rotatable bonds is 4. The highest BCUT2D eigenvalue weighted by Gasteiger charge is 2.08. The molecule has 10 heavy (non-hydrogen) atoms. The van der Waals surface area contributed by atoms with Crippen LogP contribution in [0.3, 0.4) is 0 Å². The number of thiocarbonyl (C=S) groups is 1. The predicted molar refractivity (Wildman–Crippen MR) is 44.2 cm³/mol. The minimum atomic E-state index is -3.25. The summed E-state index contributed by atoms with van der Waals surface area (Å²) in [6, 6.07) is 0. The van der Waals surface area contributed by atoms with Crippen LogP contribution in [0.2, 0.25) is 0 Å². The zero-order valence-electron chi connectivity index (χ0n) is 5.62. The first-order valence-electron chi connectivity index (χ1n) is 2.73. The molecule has 0 aliphatic carbocycles. The van der Waals surface area contributed by atoms with E-state index >= 15 is 0 Å². The summed E-state index contributed by atoms with van der Waals surface area (Å²) in [4.78, 5) is -0.0130. The lowest BCUT2D eigenvalue weighted by atomic mass is 10.8. The zero-order valence-corrected chi connectivity index (χ0v) is 7.26. The molecule has 0 saturated carbocycles. The van der Waals surface area contributed by atoms with Gasteiger partial charge in [-0.3, -0.25) is 0 Å². The maximum atomic E-state index is 10.8. The summed E-state index contributed by atoms with van der Waals surface area (Å²) < 4.78 is 23.8. The van der Waals surface area contributed by atoms with Gasteiger partial charge in [0.05, 0.1) is 4.99 Å². The van der Waals surface area contributed by atoms with E-state index in [1.807, 2.05) is 0 Å². The summed E-state index contributed by atoms with van der Waals surface area (Å²) in [5.41, 5.74) is 5.02. The minimum Gasteiger partial charge on any atom is -0.392 e. The van der Waals surface area contributed by atoms with Crippen LogP contribution in [-0.2, 0) is 10.0 Å². The molecule has 0 atom stereocenters. The molecule has 0 rings (SSSR count). The lowest BCUT2D eigenvalue weighted by Crippen LogP contribution is -2.32. The van der Waals surface area contributed by atoms with Gasteiger partial charge in [0, 0.05) is 6.54 Å². The van der Waals surface area contributed by atoms with E-state index < -0.39 is 10.0 Å². The molecule has 0 fully saturated rings. The third-order valence-electron chi connectivity index (χ3n) is 0.697. The third-order valence-corrected chi connectivity index (χ3v) is 2.44. The molecule has 3 N–H and O–H groups in total. The van der Waals surface area contributed by atoms with Gasteiger partial charge in [-0.15, -0.1) is 0 Å². The molecular formula is C4H10N2O2S2. The van der Waals surface area contributed by atoms with Crippen LogP contribution >= 0.6 is 12.2 Å². The molecule has 0 aromatic carbocycles. The van der Waals surface area contributed by atoms with Crippen molar-refractivity contribution in [3.63, 3.8) is 0 Å². The summed E-state index contributed by atoms with van der Waals surface area (Å²) in [6.07, 6.45) is 0. The molecule has 0 saturated heterocycles. The topological polar surface area (TPSA) is 72.2 Å². The fourth-order valence-corrected chi connectivity index (χ4v) is 1.84. The summed E-state index contributed by atoms with van der Waals surface area (Å²) in [5.74, 6) is -0.268. The van der Waals surface area contributed by atoms with Crippen LogP contribution in [0.4, 0.5) is 0 Å². The third kappa shape index (κ3) is 4.66. The van der Waals surface area contributed by atoms with Gasteiger partial charge in [-0.05, 0) is 0 Å². The van der Waals surface area contributed by atoms with E-state index in [1.54, 1.807) is 6.92 Å². The standard InChI is InChI=1S/C4H10N2O2S2/c1-2-6-10(7,8)3-4(5)9/h6H,2-3H2,1H3,(H2,5,9). The Labute approximate surface area is 65.8 Å². The normalized spacial score (nSPS) is 11.3. The van der Waals surface area contributed by atoms with Crippen molar-refractivity contribution >= 4 is 27.2 Å². The number of nitrogens with two attached hydrogens (primary N) is 1. The number of sulfonamides is 1. The van der Waals surface area contributed by atoms with Crippen LogP contribution in [-0.4, -0.2) is 25.7 Å². The van der Waals surface area contributed by atoms with Crippen LogP contribution in [0, 0.1) is 0 Å². The van der Waals surface area contributed by atoms with Gasteiger partial charge in [0.1, 0.15) is 5.75 Å². The largest absolute Gasteiger partial charge is 0.392 e. The molecule has 0 heterocycles. The predicted octanol–water partition coefficient (Wildman–Crippen LogP) is -0.788. The molecular weight excluding hydrogens is 172 g/mol. The lowest BCUT2D eigenvalue weighted by Gasteiger charge is -2.00. The van der Waals surface area contributed by atoms with E-state index in [2.05, 4.69) is 16.9 Å². The average molecular weight is 182 g/mol. The van der Waals surface area contributed by atoms with Crippen LogP contribution in [0.1, 0.15) is 6.92 Å². The monoisotopic (exact) mass is 182 g/mol. The fraction of sp³-hybridized carbons (Fsp3) is 0.750. The smallest absolute Gasteiger partial charge is 0.218 e. The lowest BCUT2D eigenvalue weighted by molar-refractivity contribution is 0.588. The van der Waals surface area contributed by atoms with E-state index in [0.29, 0.717) is 6.54 Å². The summed E-state index contributed by atoms with van der Waals surface area (Å²) in [6.45, 7) is 2.06. The molecule has 0 radical (unpaired) electrons. The van der Waals surface area contributed by atoms with E-state index in [-0.39, 0.29) is 10.7 Å². The van der Waals surface area contributed by atoms with Crippen LogP contribution in [0.5, 0.6) is 0 Å². The Morgan fingerprint density at radius 1 is 1.70 bits per heavy atom. The summed E-state index contributed by atoms with van der Waals surface area (Å²) in [5, 5.41) is 0. The van der Waals surface area contributed by atoms with E-state index in [4.69, 9.17) is 5.73 Å². The van der Waals surface area contributed by atoms with Crippen molar-refractivity contribution in [2.24, 2.45) is 5.73 Å². The van der Waals surface area contributed by atoms with Gasteiger partial charge < -0.3 is 5.73 Å². The molecule has 0 bridgehead atoms. The van der Waals surface area contributed by atoms with Gasteiger partial charge in [0.25, 0.3) is 0 Å². The van der Waals surface area contributed by atoms with Crippen molar-refractivity contribution in [3.8, 4) is 0 Å². The van der Waals surface area contributed by atoms with E-state index in [0.717, 1.165) is 0 Å². The van der Waals surface area contributed by atoms with Crippen molar-refractivity contribution in [2.75, 3.05) is 12.3 Å². The van der Waals surface area contributed by atoms with Gasteiger partial charge in [-0.2, -0.15) is 0 Å². The van der Waals surface area contributed by atoms with Crippen molar-refractivity contribution < 1.29 is 8.42 Å². The minimum absolute atomic E-state index is 0.0130. The van der Waals surface area contributed by atoms with Gasteiger partial charge in [-0.1, -0.05) is 19.1 Å². The molecule has 60 valence electrons. The first kappa shape index (κ1) is 9.80. The highest BCUT2D eigenvalue weighted by atomic mass is 32.2. The molecule has 0 spiro atoms. The van der Waals surface area contributed by atoms with Crippen LogP contribution in [0.25, 0.3) is 0 Å². The SMILES string of the molecule is CCNS(=O)(=O)CC(N)=S. The fourth-order valence-electron chi connectivity index (χ4n) is 0.458. The number of nitrogens with one attached hydrogen (secondary N) is 1. The molecule has 4 nitrogen and oxygen atoms in total. The van der Waals surface area contributed by atoms with Crippen molar-refractivity contribution in [1.82, 2.24) is 4.72 Å². The maximum absolute atomic E-state index is 10.8. The maximum Gasteiger partial charge on any atom is 0.218 e. The second-order valence-electron chi connectivity index (χ2n) is 1.72. The molecule has 0 amide bonds.